The predicted molar refractivity (Wildman–Crippen MR) is 152 cm³/mol. The number of nitrogens with zero attached hydrogens (tertiary/aromatic N) is 2. The Morgan fingerprint density at radius 3 is 2.77 bits per heavy atom. The van der Waals surface area contributed by atoms with Crippen LogP contribution in [0.3, 0.4) is 0 Å². The maximum atomic E-state index is 13.6. The number of fused-ring (bicyclic) bond motifs is 2. The van der Waals surface area contributed by atoms with Crippen molar-refractivity contribution in [3.63, 3.8) is 0 Å². The molecule has 3 aromatic carbocycles. The van der Waals surface area contributed by atoms with E-state index in [1.54, 1.807) is 42.5 Å². The first-order valence-electron chi connectivity index (χ1n) is 11.9. The average molecular weight is 628 g/mol. The molecule has 1 aromatic heterocycles. The molecule has 2 atom stereocenters. The number of anilines is 1. The van der Waals surface area contributed by atoms with Crippen molar-refractivity contribution in [2.45, 2.75) is 25.5 Å². The number of aliphatic hydroxyl groups excluding tert-OH is 1. The summed E-state index contributed by atoms with van der Waals surface area (Å²) < 4.78 is 12.1. The molecule has 39 heavy (non-hydrogen) atoms. The molecule has 1 saturated heterocycles. The minimum absolute atomic E-state index is 0.00248. The van der Waals surface area contributed by atoms with E-state index in [2.05, 4.69) is 20.9 Å². The van der Waals surface area contributed by atoms with Gasteiger partial charge in [-0.15, -0.1) is 0 Å². The number of halogens is 2. The number of aromatic nitrogens is 1. The Bertz CT molecular complexity index is 1730. The van der Waals surface area contributed by atoms with Crippen LogP contribution in [0.2, 0.25) is 5.02 Å². The van der Waals surface area contributed by atoms with E-state index in [1.807, 2.05) is 6.92 Å². The second-order valence-corrected chi connectivity index (χ2v) is 11.6. The molecule has 0 aliphatic carbocycles. The van der Waals surface area contributed by atoms with Crippen molar-refractivity contribution in [3.8, 4) is 17.2 Å². The lowest BCUT2D eigenvalue weighted by Gasteiger charge is -2.24. The van der Waals surface area contributed by atoms with Gasteiger partial charge < -0.3 is 19.7 Å². The fourth-order valence-corrected chi connectivity index (χ4v) is 6.69. The lowest BCUT2D eigenvalue weighted by atomic mass is 9.94. The minimum Gasteiger partial charge on any atom is -0.507 e. The van der Waals surface area contributed by atoms with Crippen molar-refractivity contribution in [3.05, 3.63) is 80.3 Å². The zero-order valence-corrected chi connectivity index (χ0v) is 23.7. The Kier molecular flexibility index (Phi) is 6.28. The first-order valence-corrected chi connectivity index (χ1v) is 13.9. The van der Waals surface area contributed by atoms with E-state index >= 15 is 0 Å². The number of aromatic hydroxyl groups is 1. The van der Waals surface area contributed by atoms with Crippen LogP contribution in [-0.4, -0.2) is 40.1 Å². The van der Waals surface area contributed by atoms with Gasteiger partial charge in [0, 0.05) is 17.0 Å². The second-order valence-electron chi connectivity index (χ2n) is 9.29. The molecule has 2 aliphatic rings. The van der Waals surface area contributed by atoms with Crippen LogP contribution in [0.1, 0.15) is 29.7 Å². The normalized spacial score (nSPS) is 19.9. The van der Waals surface area contributed by atoms with E-state index in [0.717, 1.165) is 16.0 Å². The number of hydrogen-bond acceptors (Lipinski definition) is 8. The molecule has 0 radical (unpaired) electrons. The van der Waals surface area contributed by atoms with Gasteiger partial charge in [0.25, 0.3) is 5.78 Å². The van der Waals surface area contributed by atoms with E-state index in [4.69, 9.17) is 21.1 Å². The summed E-state index contributed by atoms with van der Waals surface area (Å²) in [5, 5.41) is 22.7. The van der Waals surface area contributed by atoms with Gasteiger partial charge in [-0.25, -0.2) is 4.98 Å². The summed E-state index contributed by atoms with van der Waals surface area (Å²) in [5.74, 6) is -1.31. The number of phenolic OH excluding ortho intramolecular Hbond substituents is 1. The van der Waals surface area contributed by atoms with Gasteiger partial charge in [0.2, 0.25) is 0 Å². The third-order valence-electron chi connectivity index (χ3n) is 6.75. The largest absolute Gasteiger partial charge is 0.507 e. The molecule has 2 N–H and O–H groups in total. The van der Waals surface area contributed by atoms with Crippen LogP contribution in [0, 0.1) is 0 Å². The van der Waals surface area contributed by atoms with Crippen LogP contribution in [0.5, 0.6) is 17.2 Å². The molecule has 8 nitrogen and oxygen atoms in total. The van der Waals surface area contributed by atoms with Crippen LogP contribution in [-0.2, 0) is 16.0 Å². The summed E-state index contributed by atoms with van der Waals surface area (Å²) >= 11 is 10.7. The summed E-state index contributed by atoms with van der Waals surface area (Å²) in [5.41, 5.74) is 2.21. The smallest absolute Gasteiger partial charge is 0.301 e. The topological polar surface area (TPSA) is 109 Å². The highest BCUT2D eigenvalue weighted by Gasteiger charge is 2.48. The fourth-order valence-electron chi connectivity index (χ4n) is 4.97. The van der Waals surface area contributed by atoms with Gasteiger partial charge in [-0.05, 0) is 82.5 Å². The SMILES string of the molecule is COc1cc([C@@H]2/C(=C(\O)c3ccc4c(c3)C[C@H](C)O4)C(=O)C(=O)N2c2nc3ccc(Cl)cc3s2)cc(Br)c1O. The number of hydrogen-bond donors (Lipinski definition) is 2. The van der Waals surface area contributed by atoms with Crippen molar-refractivity contribution in [2.24, 2.45) is 0 Å². The zero-order chi connectivity index (χ0) is 27.6. The van der Waals surface area contributed by atoms with Crippen molar-refractivity contribution >= 4 is 71.7 Å². The number of ketones is 1. The maximum absolute atomic E-state index is 13.6. The Balaban J connectivity index is 1.57. The Morgan fingerprint density at radius 1 is 1.21 bits per heavy atom. The number of carbonyl (C=O) groups excluding carboxylic acids is 2. The first-order chi connectivity index (χ1) is 18.7. The van der Waals surface area contributed by atoms with Gasteiger partial charge in [0.05, 0.1) is 33.4 Å². The Morgan fingerprint density at radius 2 is 2.00 bits per heavy atom. The van der Waals surface area contributed by atoms with Gasteiger partial charge >= 0.3 is 5.91 Å². The molecular formula is C28H20BrClN2O6S. The van der Waals surface area contributed by atoms with Crippen LogP contribution >= 0.6 is 38.9 Å². The third-order valence-corrected chi connectivity index (χ3v) is 8.60. The van der Waals surface area contributed by atoms with E-state index in [1.165, 1.54) is 29.4 Å². The molecule has 198 valence electrons. The standard InChI is InChI=1S/C28H20BrClN2O6S/c1-12-7-14-8-13(3-6-19(14)38-12)24(33)22-23(15-9-17(29)25(34)20(10-15)37-2)32(27(36)26(22)35)28-31-18-5-4-16(30)11-21(18)39-28/h3-6,8-12,23,33-34H,7H2,1-2H3/b24-22+/t12-,23+/m0/s1. The molecule has 6 rings (SSSR count). The summed E-state index contributed by atoms with van der Waals surface area (Å²) in [6, 6.07) is 12.4. The molecule has 11 heteroatoms. The second kappa shape index (κ2) is 9.55. The number of Topliss-reactive ketones (excluding diaryl/α,β-unsaturated/α-hetero) is 1. The van der Waals surface area contributed by atoms with Crippen LogP contribution in [0.15, 0.2) is 58.6 Å². The number of aliphatic hydroxyl groups is 1. The number of amides is 1. The van der Waals surface area contributed by atoms with E-state index < -0.39 is 17.7 Å². The van der Waals surface area contributed by atoms with E-state index in [0.29, 0.717) is 32.6 Å². The third kappa shape index (κ3) is 4.23. The van der Waals surface area contributed by atoms with Crippen LogP contribution < -0.4 is 14.4 Å². The number of ether oxygens (including phenoxy) is 2. The monoisotopic (exact) mass is 626 g/mol. The molecular weight excluding hydrogens is 608 g/mol. The van der Waals surface area contributed by atoms with Crippen molar-refractivity contribution < 1.29 is 29.3 Å². The number of rotatable bonds is 4. The van der Waals surface area contributed by atoms with E-state index in [-0.39, 0.29) is 34.1 Å². The summed E-state index contributed by atoms with van der Waals surface area (Å²) in [6.07, 6.45) is 0.655. The number of benzene rings is 3. The van der Waals surface area contributed by atoms with Gasteiger partial charge in [-0.3, -0.25) is 14.5 Å². The Labute approximate surface area is 240 Å². The van der Waals surface area contributed by atoms with Crippen molar-refractivity contribution in [2.75, 3.05) is 12.0 Å². The molecule has 1 fully saturated rings. The van der Waals surface area contributed by atoms with Gasteiger partial charge in [0.1, 0.15) is 17.6 Å². The highest BCUT2D eigenvalue weighted by Crippen LogP contribution is 2.47. The number of methoxy groups -OCH3 is 1. The van der Waals surface area contributed by atoms with Crippen molar-refractivity contribution in [1.29, 1.82) is 0 Å². The molecule has 0 spiro atoms. The van der Waals surface area contributed by atoms with Crippen molar-refractivity contribution in [1.82, 2.24) is 4.98 Å². The average Bonchev–Trinajstić information content (AvgIpc) is 3.57. The van der Waals surface area contributed by atoms with Crippen LogP contribution in [0.25, 0.3) is 16.0 Å². The fraction of sp³-hybridized carbons (Fsp3) is 0.179. The summed E-state index contributed by atoms with van der Waals surface area (Å²) in [7, 11) is 1.40. The number of phenols is 1. The molecule has 0 bridgehead atoms. The first kappa shape index (κ1) is 25.7. The zero-order valence-electron chi connectivity index (χ0n) is 20.6. The highest BCUT2D eigenvalue weighted by molar-refractivity contribution is 9.10. The predicted octanol–water partition coefficient (Wildman–Crippen LogP) is 6.38. The van der Waals surface area contributed by atoms with Gasteiger partial charge in [-0.1, -0.05) is 22.9 Å². The molecule has 0 saturated carbocycles. The Hall–Kier alpha value is -3.60. The van der Waals surface area contributed by atoms with Gasteiger partial charge in [0.15, 0.2) is 16.6 Å². The molecule has 2 aliphatic heterocycles. The van der Waals surface area contributed by atoms with E-state index in [9.17, 15) is 19.8 Å². The summed E-state index contributed by atoms with van der Waals surface area (Å²) in [6.45, 7) is 1.95. The molecule has 1 amide bonds. The lowest BCUT2D eigenvalue weighted by molar-refractivity contribution is -0.132. The number of thiazole rings is 1. The van der Waals surface area contributed by atoms with Gasteiger partial charge in [-0.2, -0.15) is 0 Å². The van der Waals surface area contributed by atoms with Crippen LogP contribution in [0.4, 0.5) is 5.13 Å². The molecule has 3 heterocycles. The molecule has 4 aromatic rings. The maximum Gasteiger partial charge on any atom is 0.301 e. The lowest BCUT2D eigenvalue weighted by Crippen LogP contribution is -2.29. The quantitative estimate of drug-likeness (QED) is 0.154. The summed E-state index contributed by atoms with van der Waals surface area (Å²) in [4.78, 5) is 33.0. The molecule has 0 unspecified atom stereocenters. The number of carbonyl (C=O) groups is 2. The minimum atomic E-state index is -1.06. The highest BCUT2D eigenvalue weighted by atomic mass is 79.9.